The van der Waals surface area contributed by atoms with Gasteiger partial charge in [-0.25, -0.2) is 0 Å². The summed E-state index contributed by atoms with van der Waals surface area (Å²) in [5.74, 6) is 2.05. The summed E-state index contributed by atoms with van der Waals surface area (Å²) in [6, 6.07) is 9.00. The molecule has 1 aromatic rings. The minimum Gasteiger partial charge on any atom is -0.406 e. The predicted molar refractivity (Wildman–Crippen MR) is 101 cm³/mol. The molecular formula is C20H27ClF3OSi. The second-order valence-electron chi connectivity index (χ2n) is 7.87. The molecule has 145 valence electrons. The zero-order valence-electron chi connectivity index (χ0n) is 15.0. The van der Waals surface area contributed by atoms with Crippen molar-refractivity contribution in [1.82, 2.24) is 0 Å². The van der Waals surface area contributed by atoms with Crippen LogP contribution in [-0.2, 0) is 0 Å². The SMILES string of the molecule is FC(F)(F)Oc1ccc(C2CCC(CCC3CC[Si](Cl)CC3)CC2)cc1. The highest BCUT2D eigenvalue weighted by Gasteiger charge is 2.31. The highest BCUT2D eigenvalue weighted by Crippen LogP contribution is 2.40. The molecule has 1 radical (unpaired) electrons. The van der Waals surface area contributed by atoms with E-state index in [1.54, 1.807) is 12.1 Å². The van der Waals surface area contributed by atoms with Crippen LogP contribution < -0.4 is 4.74 Å². The van der Waals surface area contributed by atoms with Crippen molar-refractivity contribution in [2.75, 3.05) is 0 Å². The van der Waals surface area contributed by atoms with Crippen LogP contribution in [0.3, 0.4) is 0 Å². The third-order valence-corrected chi connectivity index (χ3v) is 8.86. The first-order valence-electron chi connectivity index (χ1n) is 9.75. The zero-order chi connectivity index (χ0) is 18.6. The van der Waals surface area contributed by atoms with Crippen LogP contribution in [0.4, 0.5) is 13.2 Å². The lowest BCUT2D eigenvalue weighted by Gasteiger charge is -2.31. The first-order chi connectivity index (χ1) is 12.4. The lowest BCUT2D eigenvalue weighted by Crippen LogP contribution is -2.19. The highest BCUT2D eigenvalue weighted by molar-refractivity contribution is 7.07. The fourth-order valence-electron chi connectivity index (χ4n) is 4.48. The maximum atomic E-state index is 12.2. The summed E-state index contributed by atoms with van der Waals surface area (Å²) in [6.07, 6.45) is 5.49. The molecule has 1 heterocycles. The van der Waals surface area contributed by atoms with Gasteiger partial charge in [-0.15, -0.1) is 13.2 Å². The molecule has 1 nitrogen and oxygen atoms in total. The predicted octanol–water partition coefficient (Wildman–Crippen LogP) is 7.28. The molecule has 0 unspecified atom stereocenters. The van der Waals surface area contributed by atoms with Gasteiger partial charge in [0.25, 0.3) is 0 Å². The van der Waals surface area contributed by atoms with Gasteiger partial charge in [0.05, 0.1) is 0 Å². The molecule has 0 spiro atoms. The average molecular weight is 404 g/mol. The molecule has 2 fully saturated rings. The molecule has 3 rings (SSSR count). The third-order valence-electron chi connectivity index (χ3n) is 6.06. The maximum Gasteiger partial charge on any atom is 0.573 e. The lowest BCUT2D eigenvalue weighted by molar-refractivity contribution is -0.274. The fraction of sp³-hybridized carbons (Fsp3) is 0.700. The van der Waals surface area contributed by atoms with Crippen LogP contribution in [0.5, 0.6) is 5.75 Å². The van der Waals surface area contributed by atoms with Crippen LogP contribution in [0, 0.1) is 11.8 Å². The standard InChI is InChI=1S/C20H27ClF3OSi/c21-26-13-11-16(12-14-26)2-1-15-3-5-17(6-4-15)18-7-9-19(10-8-18)25-20(22,23)24/h7-10,15-17H,1-6,11-14H2. The van der Waals surface area contributed by atoms with E-state index in [1.165, 1.54) is 62.7 Å². The summed E-state index contributed by atoms with van der Waals surface area (Å²) in [7, 11) is -0.518. The summed E-state index contributed by atoms with van der Waals surface area (Å²) < 4.78 is 40.7. The molecule has 2 aliphatic rings. The monoisotopic (exact) mass is 403 g/mol. The fourth-order valence-corrected chi connectivity index (χ4v) is 6.82. The molecule has 1 aromatic carbocycles. The summed E-state index contributed by atoms with van der Waals surface area (Å²) in [5, 5.41) is 0. The molecule has 1 aliphatic heterocycles. The maximum absolute atomic E-state index is 12.2. The third kappa shape index (κ3) is 6.19. The number of ether oxygens (including phenoxy) is 1. The Morgan fingerprint density at radius 1 is 0.885 bits per heavy atom. The number of rotatable bonds is 5. The molecule has 0 N–H and O–H groups in total. The number of hydrogen-bond acceptors (Lipinski definition) is 1. The van der Waals surface area contributed by atoms with E-state index in [-0.39, 0.29) is 5.75 Å². The molecule has 26 heavy (non-hydrogen) atoms. The summed E-state index contributed by atoms with van der Waals surface area (Å²) in [5.41, 5.74) is 1.14. The minimum absolute atomic E-state index is 0.135. The van der Waals surface area contributed by atoms with Gasteiger partial charge in [0.15, 0.2) is 8.11 Å². The molecular weight excluding hydrogens is 377 g/mol. The van der Waals surface area contributed by atoms with E-state index in [2.05, 4.69) is 4.74 Å². The normalized spacial score (nSPS) is 26.0. The number of alkyl halides is 3. The summed E-state index contributed by atoms with van der Waals surface area (Å²) in [4.78, 5) is 0. The van der Waals surface area contributed by atoms with E-state index in [0.29, 0.717) is 5.92 Å². The van der Waals surface area contributed by atoms with E-state index < -0.39 is 14.5 Å². The van der Waals surface area contributed by atoms with Gasteiger partial charge in [-0.1, -0.05) is 37.8 Å². The van der Waals surface area contributed by atoms with Gasteiger partial charge in [-0.2, -0.15) is 11.1 Å². The molecule has 0 aromatic heterocycles. The van der Waals surface area contributed by atoms with Crippen LogP contribution in [0.15, 0.2) is 24.3 Å². The van der Waals surface area contributed by atoms with E-state index in [4.69, 9.17) is 11.1 Å². The van der Waals surface area contributed by atoms with Crippen molar-refractivity contribution in [2.45, 2.75) is 75.7 Å². The van der Waals surface area contributed by atoms with Gasteiger partial charge in [0.2, 0.25) is 0 Å². The summed E-state index contributed by atoms with van der Waals surface area (Å²) in [6.45, 7) is 0. The first kappa shape index (κ1) is 20.1. The Kier molecular flexibility index (Phi) is 6.95. The Labute approximate surface area is 160 Å². The lowest BCUT2D eigenvalue weighted by atomic mass is 9.76. The van der Waals surface area contributed by atoms with Crippen LogP contribution in [-0.4, -0.2) is 14.5 Å². The second-order valence-corrected chi connectivity index (χ2v) is 11.5. The topological polar surface area (TPSA) is 9.23 Å². The molecule has 1 aliphatic carbocycles. The number of halogens is 4. The average Bonchev–Trinajstić information content (AvgIpc) is 2.61. The Bertz CT molecular complexity index is 547. The van der Waals surface area contributed by atoms with E-state index in [0.717, 1.165) is 30.2 Å². The Morgan fingerprint density at radius 2 is 1.42 bits per heavy atom. The van der Waals surface area contributed by atoms with Crippen molar-refractivity contribution < 1.29 is 17.9 Å². The largest absolute Gasteiger partial charge is 0.573 e. The minimum atomic E-state index is -4.62. The Hall–Kier alpha value is -0.683. The van der Waals surface area contributed by atoms with Gasteiger partial charge >= 0.3 is 6.36 Å². The Balaban J connectivity index is 1.40. The van der Waals surface area contributed by atoms with Gasteiger partial charge in [-0.05, 0) is 73.2 Å². The number of hydrogen-bond donors (Lipinski definition) is 0. The van der Waals surface area contributed by atoms with Crippen molar-refractivity contribution in [1.29, 1.82) is 0 Å². The zero-order valence-corrected chi connectivity index (χ0v) is 16.8. The van der Waals surface area contributed by atoms with Gasteiger partial charge in [0.1, 0.15) is 5.75 Å². The molecule has 0 atom stereocenters. The van der Waals surface area contributed by atoms with Gasteiger partial charge in [-0.3, -0.25) is 0 Å². The van der Waals surface area contributed by atoms with Crippen molar-refractivity contribution in [2.24, 2.45) is 11.8 Å². The van der Waals surface area contributed by atoms with Crippen LogP contribution in [0.1, 0.15) is 62.8 Å². The first-order valence-corrected chi connectivity index (χ1v) is 12.7. The van der Waals surface area contributed by atoms with Crippen molar-refractivity contribution in [3.63, 3.8) is 0 Å². The summed E-state index contributed by atoms with van der Waals surface area (Å²) >= 11 is 6.28. The van der Waals surface area contributed by atoms with Crippen molar-refractivity contribution in [3.05, 3.63) is 29.8 Å². The highest BCUT2D eigenvalue weighted by atomic mass is 35.6. The van der Waals surface area contributed by atoms with E-state index in [1.807, 2.05) is 0 Å². The van der Waals surface area contributed by atoms with E-state index >= 15 is 0 Å². The quantitative estimate of drug-likeness (QED) is 0.370. The van der Waals surface area contributed by atoms with Crippen molar-refractivity contribution >= 4 is 19.2 Å². The second kappa shape index (κ2) is 9.00. The van der Waals surface area contributed by atoms with E-state index in [9.17, 15) is 13.2 Å². The smallest absolute Gasteiger partial charge is 0.406 e. The van der Waals surface area contributed by atoms with Gasteiger partial charge in [0, 0.05) is 0 Å². The molecule has 0 bridgehead atoms. The number of benzene rings is 1. The van der Waals surface area contributed by atoms with Crippen molar-refractivity contribution in [3.8, 4) is 5.75 Å². The van der Waals surface area contributed by atoms with Crippen LogP contribution in [0.2, 0.25) is 12.1 Å². The molecule has 1 saturated carbocycles. The van der Waals surface area contributed by atoms with Gasteiger partial charge < -0.3 is 4.74 Å². The molecule has 0 amide bonds. The Morgan fingerprint density at radius 3 is 1.96 bits per heavy atom. The van der Waals surface area contributed by atoms with Crippen LogP contribution >= 0.6 is 11.1 Å². The molecule has 1 saturated heterocycles. The van der Waals surface area contributed by atoms with Crippen LogP contribution in [0.25, 0.3) is 0 Å². The molecule has 6 heteroatoms.